The molecule has 2 rings (SSSR count). The van der Waals surface area contributed by atoms with E-state index in [0.717, 1.165) is 28.6 Å². The van der Waals surface area contributed by atoms with Crippen LogP contribution in [0, 0.1) is 0 Å². The molecule has 0 bridgehead atoms. The van der Waals surface area contributed by atoms with E-state index < -0.39 is 0 Å². The third-order valence-corrected chi connectivity index (χ3v) is 4.19. The molecular weight excluding hydrogens is 256 g/mol. The second-order valence-corrected chi connectivity index (χ2v) is 5.78. The number of fused-ring (bicyclic) bond motifs is 1. The van der Waals surface area contributed by atoms with Crippen LogP contribution in [0.1, 0.15) is 23.7 Å². The van der Waals surface area contributed by atoms with Crippen LogP contribution in [0.2, 0.25) is 0 Å². The Morgan fingerprint density at radius 2 is 2.21 bits per heavy atom. The van der Waals surface area contributed by atoms with Gasteiger partial charge in [0.15, 0.2) is 0 Å². The molecule has 19 heavy (non-hydrogen) atoms. The summed E-state index contributed by atoms with van der Waals surface area (Å²) in [7, 11) is 1.89. The minimum atomic E-state index is 0.0961. The van der Waals surface area contributed by atoms with Gasteiger partial charge in [-0.15, -0.1) is 0 Å². The zero-order valence-corrected chi connectivity index (χ0v) is 12.5. The Bertz CT molecular complexity index is 564. The van der Waals surface area contributed by atoms with Crippen LogP contribution in [-0.4, -0.2) is 40.9 Å². The molecule has 2 aromatic rings. The van der Waals surface area contributed by atoms with Crippen molar-refractivity contribution in [3.63, 3.8) is 0 Å². The average Bonchev–Trinajstić information content (AvgIpc) is 2.91. The van der Waals surface area contributed by atoms with Crippen molar-refractivity contribution in [3.8, 4) is 0 Å². The largest absolute Gasteiger partial charge is 0.361 e. The van der Waals surface area contributed by atoms with Crippen LogP contribution >= 0.6 is 11.8 Å². The molecule has 3 nitrogen and oxygen atoms in total. The molecule has 0 fully saturated rings. The van der Waals surface area contributed by atoms with Crippen LogP contribution in [0.25, 0.3) is 10.9 Å². The molecule has 1 heterocycles. The van der Waals surface area contributed by atoms with Gasteiger partial charge in [0.25, 0.3) is 5.91 Å². The number of hydrogen-bond acceptors (Lipinski definition) is 2. The fourth-order valence-corrected chi connectivity index (χ4v) is 2.72. The van der Waals surface area contributed by atoms with Gasteiger partial charge in [-0.3, -0.25) is 4.79 Å². The van der Waals surface area contributed by atoms with Gasteiger partial charge >= 0.3 is 0 Å². The molecule has 0 aliphatic carbocycles. The minimum absolute atomic E-state index is 0.0961. The molecule has 1 amide bonds. The topological polar surface area (TPSA) is 36.1 Å². The summed E-state index contributed by atoms with van der Waals surface area (Å²) in [4.78, 5) is 17.6. The first kappa shape index (κ1) is 14.0. The van der Waals surface area contributed by atoms with Crippen molar-refractivity contribution in [1.29, 1.82) is 0 Å². The van der Waals surface area contributed by atoms with E-state index in [2.05, 4.69) is 18.2 Å². The molecule has 1 unspecified atom stereocenters. The monoisotopic (exact) mass is 276 g/mol. The van der Waals surface area contributed by atoms with E-state index in [1.54, 1.807) is 0 Å². The van der Waals surface area contributed by atoms with Gasteiger partial charge in [0.1, 0.15) is 0 Å². The summed E-state index contributed by atoms with van der Waals surface area (Å²) in [5.41, 5.74) is 1.79. The number of carbonyl (C=O) groups excluding carboxylic acids is 1. The zero-order valence-electron chi connectivity index (χ0n) is 11.6. The summed E-state index contributed by atoms with van der Waals surface area (Å²) in [6.45, 7) is 2.10. The van der Waals surface area contributed by atoms with Gasteiger partial charge in [0.05, 0.1) is 0 Å². The van der Waals surface area contributed by atoms with Crippen LogP contribution in [0.4, 0.5) is 0 Å². The zero-order chi connectivity index (χ0) is 13.8. The van der Waals surface area contributed by atoms with Gasteiger partial charge in [-0.05, 0) is 43.6 Å². The Morgan fingerprint density at radius 3 is 2.95 bits per heavy atom. The minimum Gasteiger partial charge on any atom is -0.361 e. The van der Waals surface area contributed by atoms with Crippen LogP contribution in [0.5, 0.6) is 0 Å². The molecule has 1 N–H and O–H groups in total. The third kappa shape index (κ3) is 2.95. The lowest BCUT2D eigenvalue weighted by Gasteiger charge is -2.25. The lowest BCUT2D eigenvalue weighted by atomic mass is 10.1. The average molecular weight is 276 g/mol. The fraction of sp³-hybridized carbons (Fsp3) is 0.400. The van der Waals surface area contributed by atoms with Gasteiger partial charge in [-0.2, -0.15) is 11.8 Å². The van der Waals surface area contributed by atoms with E-state index in [9.17, 15) is 4.79 Å². The quantitative estimate of drug-likeness (QED) is 0.908. The van der Waals surface area contributed by atoms with Gasteiger partial charge in [0.2, 0.25) is 0 Å². The van der Waals surface area contributed by atoms with E-state index in [1.807, 2.05) is 54.2 Å². The number of carbonyl (C=O) groups is 1. The van der Waals surface area contributed by atoms with E-state index in [0.29, 0.717) is 0 Å². The molecule has 0 saturated heterocycles. The molecule has 1 atom stereocenters. The summed E-state index contributed by atoms with van der Waals surface area (Å²) in [6, 6.07) is 8.03. The second-order valence-electron chi connectivity index (χ2n) is 4.79. The second kappa shape index (κ2) is 6.15. The van der Waals surface area contributed by atoms with Crippen molar-refractivity contribution >= 4 is 28.6 Å². The molecule has 0 radical (unpaired) electrons. The maximum Gasteiger partial charge on any atom is 0.254 e. The molecule has 1 aromatic heterocycles. The number of rotatable bonds is 5. The summed E-state index contributed by atoms with van der Waals surface area (Å²) < 4.78 is 0. The van der Waals surface area contributed by atoms with E-state index >= 15 is 0 Å². The maximum absolute atomic E-state index is 12.6. The number of nitrogens with one attached hydrogen (secondary N) is 1. The van der Waals surface area contributed by atoms with Crippen molar-refractivity contribution < 1.29 is 4.79 Å². The molecular formula is C15H20N2OS. The Balaban J connectivity index is 2.21. The molecule has 4 heteroatoms. The Labute approximate surface area is 118 Å². The predicted octanol–water partition coefficient (Wildman–Crippen LogP) is 3.38. The summed E-state index contributed by atoms with van der Waals surface area (Å²) in [5.74, 6) is 1.17. The molecule has 102 valence electrons. The standard InChI is InChI=1S/C15H20N2OS/c1-11(8-10-19-3)17(2)15(18)13-5-4-6-14-12(13)7-9-16-14/h4-7,9,11,16H,8,10H2,1-3H3. The fourth-order valence-electron chi connectivity index (χ4n) is 2.14. The summed E-state index contributed by atoms with van der Waals surface area (Å²) in [5, 5.41) is 0.997. The van der Waals surface area contributed by atoms with Crippen LogP contribution in [0.3, 0.4) is 0 Å². The number of amides is 1. The van der Waals surface area contributed by atoms with Crippen molar-refractivity contribution in [3.05, 3.63) is 36.0 Å². The normalized spacial score (nSPS) is 12.6. The maximum atomic E-state index is 12.6. The van der Waals surface area contributed by atoms with Crippen molar-refractivity contribution in [2.75, 3.05) is 19.1 Å². The summed E-state index contributed by atoms with van der Waals surface area (Å²) in [6.07, 6.45) is 4.99. The Morgan fingerprint density at radius 1 is 1.42 bits per heavy atom. The van der Waals surface area contributed by atoms with E-state index in [4.69, 9.17) is 0 Å². The number of aromatic amines is 1. The van der Waals surface area contributed by atoms with Crippen LogP contribution < -0.4 is 0 Å². The van der Waals surface area contributed by atoms with Gasteiger partial charge < -0.3 is 9.88 Å². The molecule has 1 aromatic carbocycles. The highest BCUT2D eigenvalue weighted by Crippen LogP contribution is 2.20. The van der Waals surface area contributed by atoms with Gasteiger partial charge in [-0.25, -0.2) is 0 Å². The molecule has 0 spiro atoms. The van der Waals surface area contributed by atoms with Crippen molar-refractivity contribution in [1.82, 2.24) is 9.88 Å². The predicted molar refractivity (Wildman–Crippen MR) is 82.9 cm³/mol. The Hall–Kier alpha value is -1.42. The first-order valence-corrected chi connectivity index (χ1v) is 7.86. The number of nitrogens with zero attached hydrogens (tertiary/aromatic N) is 1. The highest BCUT2D eigenvalue weighted by molar-refractivity contribution is 7.98. The molecule has 0 aliphatic rings. The SMILES string of the molecule is CSCCC(C)N(C)C(=O)c1cccc2[nH]ccc12. The van der Waals surface area contributed by atoms with E-state index in [1.165, 1.54) is 0 Å². The number of H-pyrrole nitrogens is 1. The molecule has 0 aliphatic heterocycles. The first-order valence-electron chi connectivity index (χ1n) is 6.47. The summed E-state index contributed by atoms with van der Waals surface area (Å²) >= 11 is 1.82. The van der Waals surface area contributed by atoms with Crippen LogP contribution in [-0.2, 0) is 0 Å². The lowest BCUT2D eigenvalue weighted by molar-refractivity contribution is 0.0743. The number of aromatic nitrogens is 1. The van der Waals surface area contributed by atoms with Gasteiger partial charge in [0, 0.05) is 35.8 Å². The lowest BCUT2D eigenvalue weighted by Crippen LogP contribution is -2.35. The highest BCUT2D eigenvalue weighted by Gasteiger charge is 2.19. The number of hydrogen-bond donors (Lipinski definition) is 1. The number of benzene rings is 1. The number of thioether (sulfide) groups is 1. The van der Waals surface area contributed by atoms with Crippen molar-refractivity contribution in [2.24, 2.45) is 0 Å². The van der Waals surface area contributed by atoms with E-state index in [-0.39, 0.29) is 11.9 Å². The van der Waals surface area contributed by atoms with Gasteiger partial charge in [-0.1, -0.05) is 6.07 Å². The Kier molecular flexibility index (Phi) is 4.53. The third-order valence-electron chi connectivity index (χ3n) is 3.55. The van der Waals surface area contributed by atoms with Crippen molar-refractivity contribution in [2.45, 2.75) is 19.4 Å². The molecule has 0 saturated carbocycles. The highest BCUT2D eigenvalue weighted by atomic mass is 32.2. The smallest absolute Gasteiger partial charge is 0.254 e. The first-order chi connectivity index (χ1) is 9.15. The van der Waals surface area contributed by atoms with Crippen LogP contribution in [0.15, 0.2) is 30.5 Å².